The molecule has 3 N–H and O–H groups in total. The van der Waals surface area contributed by atoms with E-state index in [1.54, 1.807) is 31.3 Å². The highest BCUT2D eigenvalue weighted by molar-refractivity contribution is 7.92. The summed E-state index contributed by atoms with van der Waals surface area (Å²) < 4.78 is 26.8. The highest BCUT2D eigenvalue weighted by atomic mass is 32.2. The Morgan fingerprint density at radius 3 is 2.68 bits per heavy atom. The van der Waals surface area contributed by atoms with Crippen molar-refractivity contribution >= 4 is 26.6 Å². The Morgan fingerprint density at radius 2 is 1.95 bits per heavy atom. The molecular weight excluding hydrogens is 266 g/mol. The zero-order chi connectivity index (χ0) is 13.5. The number of nitrogens with zero attached hydrogens (tertiary/aromatic N) is 2. The second-order valence-corrected chi connectivity index (χ2v) is 5.79. The highest BCUT2D eigenvalue weighted by Crippen LogP contribution is 2.21. The number of sulfonamides is 1. The number of rotatable bonds is 3. The van der Waals surface area contributed by atoms with Gasteiger partial charge in [0.1, 0.15) is 4.90 Å². The quantitative estimate of drug-likeness (QED) is 0.673. The van der Waals surface area contributed by atoms with Crippen LogP contribution in [0.25, 0.3) is 10.9 Å². The van der Waals surface area contributed by atoms with Crippen LogP contribution in [-0.4, -0.2) is 28.8 Å². The van der Waals surface area contributed by atoms with Gasteiger partial charge in [-0.2, -0.15) is 10.2 Å². The van der Waals surface area contributed by atoms with Crippen LogP contribution in [-0.2, 0) is 10.0 Å². The normalized spacial score (nSPS) is 11.8. The molecule has 0 aliphatic heterocycles. The van der Waals surface area contributed by atoms with Crippen molar-refractivity contribution < 1.29 is 8.42 Å². The van der Waals surface area contributed by atoms with Gasteiger partial charge in [-0.3, -0.25) is 14.9 Å². The number of fused-ring (bicyclic) bond motifs is 1. The number of hydrogen-bond acceptors (Lipinski definition) is 4. The van der Waals surface area contributed by atoms with E-state index >= 15 is 0 Å². The van der Waals surface area contributed by atoms with Crippen LogP contribution in [0.3, 0.4) is 0 Å². The molecule has 98 valence electrons. The van der Waals surface area contributed by atoms with E-state index in [1.807, 2.05) is 0 Å². The lowest BCUT2D eigenvalue weighted by Gasteiger charge is -2.06. The summed E-state index contributed by atoms with van der Waals surface area (Å²) >= 11 is 0. The smallest absolute Gasteiger partial charge is 0.265 e. The molecule has 8 heteroatoms. The molecule has 0 aliphatic rings. The van der Waals surface area contributed by atoms with Crippen molar-refractivity contribution in [2.24, 2.45) is 0 Å². The molecule has 0 atom stereocenters. The average molecular weight is 277 g/mol. The van der Waals surface area contributed by atoms with Crippen LogP contribution in [0.1, 0.15) is 5.69 Å². The summed E-state index contributed by atoms with van der Waals surface area (Å²) in [7, 11) is -3.63. The maximum atomic E-state index is 12.2. The largest absolute Gasteiger partial charge is 0.281 e. The van der Waals surface area contributed by atoms with Crippen LogP contribution in [0.5, 0.6) is 0 Å². The van der Waals surface area contributed by atoms with E-state index in [2.05, 4.69) is 25.1 Å². The SMILES string of the molecule is Cc1[nH]ncc1S(=O)(=O)Nc1ccc2[nH]ncc2c1. The number of hydrogen-bond donors (Lipinski definition) is 3. The minimum absolute atomic E-state index is 0.139. The van der Waals surface area contributed by atoms with E-state index in [4.69, 9.17) is 0 Å². The summed E-state index contributed by atoms with van der Waals surface area (Å²) in [5.41, 5.74) is 1.83. The highest BCUT2D eigenvalue weighted by Gasteiger charge is 2.18. The van der Waals surface area contributed by atoms with Gasteiger partial charge in [0, 0.05) is 11.1 Å². The molecule has 0 saturated heterocycles. The first-order chi connectivity index (χ1) is 9.06. The Morgan fingerprint density at radius 1 is 1.16 bits per heavy atom. The van der Waals surface area contributed by atoms with Crippen LogP contribution in [0.2, 0.25) is 0 Å². The molecule has 0 radical (unpaired) electrons. The zero-order valence-electron chi connectivity index (χ0n) is 10.0. The summed E-state index contributed by atoms with van der Waals surface area (Å²) in [5, 5.41) is 13.8. The van der Waals surface area contributed by atoms with Gasteiger partial charge in [-0.05, 0) is 25.1 Å². The molecule has 0 spiro atoms. The predicted molar refractivity (Wildman–Crippen MR) is 70.2 cm³/mol. The standard InChI is InChI=1S/C11H11N5O2S/c1-7-11(6-13-14-7)19(17,18)16-9-2-3-10-8(4-9)5-12-15-10/h2-6,16H,1H3,(H,12,15)(H,13,14). The zero-order valence-corrected chi connectivity index (χ0v) is 10.8. The first kappa shape index (κ1) is 11.7. The maximum absolute atomic E-state index is 12.2. The number of anilines is 1. The van der Waals surface area contributed by atoms with E-state index in [-0.39, 0.29) is 4.90 Å². The molecule has 2 heterocycles. The summed E-state index contributed by atoms with van der Waals surface area (Å²) in [5.74, 6) is 0. The van der Waals surface area contributed by atoms with E-state index in [0.29, 0.717) is 11.4 Å². The van der Waals surface area contributed by atoms with E-state index < -0.39 is 10.0 Å². The third-order valence-corrected chi connectivity index (χ3v) is 4.26. The number of aryl methyl sites for hydroxylation is 1. The van der Waals surface area contributed by atoms with Crippen LogP contribution in [0, 0.1) is 6.92 Å². The fraction of sp³-hybridized carbons (Fsp3) is 0.0909. The summed E-state index contributed by atoms with van der Waals surface area (Å²) in [6.45, 7) is 1.65. The minimum atomic E-state index is -3.63. The number of aromatic nitrogens is 4. The van der Waals surface area contributed by atoms with Gasteiger partial charge < -0.3 is 0 Å². The van der Waals surface area contributed by atoms with Crippen molar-refractivity contribution in [1.82, 2.24) is 20.4 Å². The lowest BCUT2D eigenvalue weighted by Crippen LogP contribution is -2.13. The first-order valence-corrected chi connectivity index (χ1v) is 7.00. The Hall–Kier alpha value is -2.35. The Kier molecular flexibility index (Phi) is 2.53. The summed E-state index contributed by atoms with van der Waals surface area (Å²) in [6, 6.07) is 5.15. The van der Waals surface area contributed by atoms with E-state index in [1.165, 1.54) is 6.20 Å². The van der Waals surface area contributed by atoms with Crippen LogP contribution in [0.4, 0.5) is 5.69 Å². The Balaban J connectivity index is 1.98. The van der Waals surface area contributed by atoms with Crippen molar-refractivity contribution in [2.45, 2.75) is 11.8 Å². The topological polar surface area (TPSA) is 104 Å². The van der Waals surface area contributed by atoms with Gasteiger partial charge in [0.05, 0.1) is 23.6 Å². The molecule has 3 aromatic rings. The van der Waals surface area contributed by atoms with E-state index in [0.717, 1.165) is 10.9 Å². The molecule has 2 aromatic heterocycles. The van der Waals surface area contributed by atoms with Gasteiger partial charge >= 0.3 is 0 Å². The number of benzene rings is 1. The molecule has 0 unspecified atom stereocenters. The third-order valence-electron chi connectivity index (χ3n) is 2.77. The molecule has 0 amide bonds. The fourth-order valence-electron chi connectivity index (χ4n) is 1.83. The third kappa shape index (κ3) is 2.06. The average Bonchev–Trinajstić information content (AvgIpc) is 2.96. The molecule has 3 rings (SSSR count). The second kappa shape index (κ2) is 4.09. The predicted octanol–water partition coefficient (Wildman–Crippen LogP) is 1.40. The van der Waals surface area contributed by atoms with Crippen molar-refractivity contribution in [3.8, 4) is 0 Å². The molecule has 0 fully saturated rings. The van der Waals surface area contributed by atoms with E-state index in [9.17, 15) is 8.42 Å². The van der Waals surface area contributed by atoms with Crippen molar-refractivity contribution in [3.05, 3.63) is 36.3 Å². The molecule has 7 nitrogen and oxygen atoms in total. The van der Waals surface area contributed by atoms with Gasteiger partial charge in [-0.25, -0.2) is 8.42 Å². The maximum Gasteiger partial charge on any atom is 0.265 e. The monoisotopic (exact) mass is 277 g/mol. The Bertz CT molecular complexity index is 834. The Labute approximate surface area is 109 Å². The van der Waals surface area contributed by atoms with Gasteiger partial charge in [-0.1, -0.05) is 0 Å². The summed E-state index contributed by atoms with van der Waals surface area (Å²) in [6.07, 6.45) is 2.92. The lowest BCUT2D eigenvalue weighted by atomic mass is 10.2. The number of nitrogens with one attached hydrogen (secondary N) is 3. The van der Waals surface area contributed by atoms with Gasteiger partial charge in [0.2, 0.25) is 0 Å². The number of H-pyrrole nitrogens is 2. The molecule has 0 saturated carbocycles. The molecule has 0 aliphatic carbocycles. The number of aromatic amines is 2. The lowest BCUT2D eigenvalue weighted by molar-refractivity contribution is 0.600. The second-order valence-electron chi connectivity index (χ2n) is 4.14. The van der Waals surface area contributed by atoms with Crippen molar-refractivity contribution in [3.63, 3.8) is 0 Å². The molecular formula is C11H11N5O2S. The van der Waals surface area contributed by atoms with Crippen molar-refractivity contribution in [1.29, 1.82) is 0 Å². The van der Waals surface area contributed by atoms with Gasteiger partial charge in [0.15, 0.2) is 0 Å². The first-order valence-electron chi connectivity index (χ1n) is 5.52. The van der Waals surface area contributed by atoms with Gasteiger partial charge in [-0.15, -0.1) is 0 Å². The van der Waals surface area contributed by atoms with Crippen LogP contribution in [0.15, 0.2) is 35.5 Å². The van der Waals surface area contributed by atoms with Crippen LogP contribution >= 0.6 is 0 Å². The van der Waals surface area contributed by atoms with Crippen molar-refractivity contribution in [2.75, 3.05) is 4.72 Å². The van der Waals surface area contributed by atoms with Crippen LogP contribution < -0.4 is 4.72 Å². The molecule has 0 bridgehead atoms. The fourth-order valence-corrected chi connectivity index (χ4v) is 3.01. The molecule has 19 heavy (non-hydrogen) atoms. The van der Waals surface area contributed by atoms with Gasteiger partial charge in [0.25, 0.3) is 10.0 Å². The summed E-state index contributed by atoms with van der Waals surface area (Å²) in [4.78, 5) is 0.139. The minimum Gasteiger partial charge on any atom is -0.281 e. The molecule has 1 aromatic carbocycles.